The standard InChI is InChI=1S/C5H8O2.Pb/c1-4(2)5(6)7-3;/h1H2,2-3H3;. The molecule has 0 aliphatic heterocycles. The molecule has 0 N–H and O–H groups in total. The molecule has 0 amide bonds. The Labute approximate surface area is 69.1 Å². The predicted octanol–water partition coefficient (Wildman–Crippen LogP) is 0.355. The Kier molecular flexibility index (Phi) is 7.25. The van der Waals surface area contributed by atoms with E-state index in [4.69, 9.17) is 0 Å². The molecule has 0 fully saturated rings. The van der Waals surface area contributed by atoms with Crippen molar-refractivity contribution in [1.29, 1.82) is 0 Å². The summed E-state index contributed by atoms with van der Waals surface area (Å²) in [6, 6.07) is 0. The van der Waals surface area contributed by atoms with Crippen molar-refractivity contribution in [1.82, 2.24) is 0 Å². The summed E-state index contributed by atoms with van der Waals surface area (Å²) in [7, 11) is 1.33. The van der Waals surface area contributed by atoms with E-state index in [2.05, 4.69) is 11.3 Å². The second-order valence-corrected chi connectivity index (χ2v) is 1.27. The van der Waals surface area contributed by atoms with Crippen LogP contribution in [0.2, 0.25) is 0 Å². The summed E-state index contributed by atoms with van der Waals surface area (Å²) in [6.07, 6.45) is 0. The van der Waals surface area contributed by atoms with Gasteiger partial charge in [0.05, 0.1) is 7.11 Å². The van der Waals surface area contributed by atoms with Crippen molar-refractivity contribution in [2.45, 2.75) is 6.92 Å². The average Bonchev–Trinajstić information content (AvgIpc) is 1.65. The number of carbonyl (C=O) groups excluding carboxylic acids is 1. The van der Waals surface area contributed by atoms with Gasteiger partial charge in [-0.1, -0.05) is 6.58 Å². The fourth-order valence-electron chi connectivity index (χ4n) is 0.174. The topological polar surface area (TPSA) is 26.3 Å². The maximum absolute atomic E-state index is 10.2. The Bertz CT molecular complexity index is 98.6. The fourth-order valence-corrected chi connectivity index (χ4v) is 0.174. The third-order valence-corrected chi connectivity index (χ3v) is 0.534. The van der Waals surface area contributed by atoms with E-state index in [1.54, 1.807) is 6.92 Å². The molecule has 2 nitrogen and oxygen atoms in total. The molecule has 0 heterocycles. The van der Waals surface area contributed by atoms with Gasteiger partial charge in [0.1, 0.15) is 0 Å². The van der Waals surface area contributed by atoms with Crippen LogP contribution in [-0.2, 0) is 9.53 Å². The zero-order valence-electron chi connectivity index (χ0n) is 5.02. The summed E-state index contributed by atoms with van der Waals surface area (Å²) in [6.45, 7) is 4.95. The second kappa shape index (κ2) is 5.27. The number of rotatable bonds is 1. The van der Waals surface area contributed by atoms with E-state index >= 15 is 0 Å². The number of carbonyl (C=O) groups is 1. The van der Waals surface area contributed by atoms with E-state index in [0.29, 0.717) is 5.57 Å². The minimum Gasteiger partial charge on any atom is -0.466 e. The van der Waals surface area contributed by atoms with Gasteiger partial charge in [-0.15, -0.1) is 0 Å². The SMILES string of the molecule is C=C(C)C(=O)OC.[Pb]. The summed E-state index contributed by atoms with van der Waals surface area (Å²) in [5.74, 6) is -0.347. The van der Waals surface area contributed by atoms with Crippen LogP contribution in [0.5, 0.6) is 0 Å². The molecule has 0 aliphatic rings. The molecule has 8 heavy (non-hydrogen) atoms. The van der Waals surface area contributed by atoms with Crippen molar-refractivity contribution in [3.8, 4) is 0 Å². The summed E-state index contributed by atoms with van der Waals surface area (Å²) >= 11 is 0. The molecule has 0 aromatic carbocycles. The zero-order valence-corrected chi connectivity index (χ0v) is 8.91. The number of esters is 1. The van der Waals surface area contributed by atoms with Crippen molar-refractivity contribution in [2.24, 2.45) is 0 Å². The maximum atomic E-state index is 10.2. The van der Waals surface area contributed by atoms with Gasteiger partial charge in [-0.05, 0) is 6.92 Å². The Morgan fingerprint density at radius 2 is 2.00 bits per heavy atom. The van der Waals surface area contributed by atoms with Gasteiger partial charge in [-0.2, -0.15) is 0 Å². The van der Waals surface area contributed by atoms with Crippen LogP contribution < -0.4 is 0 Å². The first-order chi connectivity index (χ1) is 3.18. The molecular weight excluding hydrogens is 299 g/mol. The van der Waals surface area contributed by atoms with Crippen LogP contribution in [0.3, 0.4) is 0 Å². The Hall–Kier alpha value is 0.132. The van der Waals surface area contributed by atoms with E-state index in [1.165, 1.54) is 7.11 Å². The Morgan fingerprint density at radius 1 is 1.62 bits per heavy atom. The van der Waals surface area contributed by atoms with Crippen LogP contribution in [0.4, 0.5) is 0 Å². The monoisotopic (exact) mass is 308 g/mol. The second-order valence-electron chi connectivity index (χ2n) is 1.27. The van der Waals surface area contributed by atoms with Crippen LogP contribution in [0.25, 0.3) is 0 Å². The molecule has 0 rings (SSSR count). The smallest absolute Gasteiger partial charge is 0.332 e. The van der Waals surface area contributed by atoms with Crippen LogP contribution >= 0.6 is 0 Å². The van der Waals surface area contributed by atoms with Crippen LogP contribution in [0, 0.1) is 0 Å². The van der Waals surface area contributed by atoms with Gasteiger partial charge in [0.25, 0.3) is 0 Å². The molecule has 0 saturated heterocycles. The van der Waals surface area contributed by atoms with Crippen molar-refractivity contribution in [3.63, 3.8) is 0 Å². The zero-order chi connectivity index (χ0) is 5.86. The molecule has 3 heteroatoms. The van der Waals surface area contributed by atoms with Crippen molar-refractivity contribution < 1.29 is 9.53 Å². The predicted molar refractivity (Wildman–Crippen MR) is 32.6 cm³/mol. The van der Waals surface area contributed by atoms with Crippen LogP contribution in [0.15, 0.2) is 12.2 Å². The number of hydrogen-bond acceptors (Lipinski definition) is 2. The van der Waals surface area contributed by atoms with Gasteiger partial charge in [-0.25, -0.2) is 4.79 Å². The van der Waals surface area contributed by atoms with E-state index in [0.717, 1.165) is 0 Å². The molecule has 44 valence electrons. The van der Waals surface area contributed by atoms with E-state index in [1.807, 2.05) is 0 Å². The normalized spacial score (nSPS) is 6.75. The molecular formula is C5H8O2Pb. The molecule has 0 aliphatic carbocycles. The first-order valence-electron chi connectivity index (χ1n) is 1.92. The average molecular weight is 307 g/mol. The molecule has 4 radical (unpaired) electrons. The van der Waals surface area contributed by atoms with Crippen molar-refractivity contribution >= 4 is 33.3 Å². The summed E-state index contributed by atoms with van der Waals surface area (Å²) < 4.78 is 4.27. The Balaban J connectivity index is 0. The van der Waals surface area contributed by atoms with Gasteiger partial charge in [0.15, 0.2) is 0 Å². The fraction of sp³-hybridized carbons (Fsp3) is 0.400. The van der Waals surface area contributed by atoms with Crippen LogP contribution in [-0.4, -0.2) is 40.4 Å². The molecule has 0 aromatic heterocycles. The van der Waals surface area contributed by atoms with Crippen molar-refractivity contribution in [3.05, 3.63) is 12.2 Å². The van der Waals surface area contributed by atoms with E-state index in [9.17, 15) is 4.79 Å². The van der Waals surface area contributed by atoms with E-state index in [-0.39, 0.29) is 33.3 Å². The van der Waals surface area contributed by atoms with Gasteiger partial charge in [-0.3, -0.25) is 0 Å². The van der Waals surface area contributed by atoms with Crippen LogP contribution in [0.1, 0.15) is 6.92 Å². The number of hydrogen-bond donors (Lipinski definition) is 0. The third kappa shape index (κ3) is 4.30. The molecule has 0 saturated carbocycles. The summed E-state index contributed by atoms with van der Waals surface area (Å²) in [5.41, 5.74) is 0.433. The number of ether oxygens (including phenoxy) is 1. The van der Waals surface area contributed by atoms with Gasteiger partial charge < -0.3 is 4.74 Å². The van der Waals surface area contributed by atoms with Gasteiger partial charge in [0.2, 0.25) is 0 Å². The third-order valence-electron chi connectivity index (χ3n) is 0.534. The van der Waals surface area contributed by atoms with Gasteiger partial charge in [0, 0.05) is 32.9 Å². The molecule has 0 spiro atoms. The first kappa shape index (κ1) is 11.0. The van der Waals surface area contributed by atoms with E-state index < -0.39 is 0 Å². The van der Waals surface area contributed by atoms with Crippen molar-refractivity contribution in [2.75, 3.05) is 7.11 Å². The molecule has 0 bridgehead atoms. The minimum atomic E-state index is -0.347. The Morgan fingerprint density at radius 3 is 2.00 bits per heavy atom. The quantitative estimate of drug-likeness (QED) is 0.397. The summed E-state index contributed by atoms with van der Waals surface area (Å²) in [5, 5.41) is 0. The maximum Gasteiger partial charge on any atom is 0.332 e. The molecule has 0 unspecified atom stereocenters. The summed E-state index contributed by atoms with van der Waals surface area (Å²) in [4.78, 5) is 10.2. The van der Waals surface area contributed by atoms with Gasteiger partial charge >= 0.3 is 5.97 Å². The number of methoxy groups -OCH3 is 1. The molecule has 0 aromatic rings. The molecule has 0 atom stereocenters. The first-order valence-corrected chi connectivity index (χ1v) is 1.92. The largest absolute Gasteiger partial charge is 0.466 e. The minimum absolute atomic E-state index is 0.